The molecule has 0 aliphatic heterocycles. The molecule has 0 aliphatic carbocycles. The fourth-order valence-electron chi connectivity index (χ4n) is 1.97. The number of nitrogens with zero attached hydrogens (tertiary/aromatic N) is 1. The first-order chi connectivity index (χ1) is 8.27. The van der Waals surface area contributed by atoms with Crippen LogP contribution in [-0.4, -0.2) is 11.5 Å². The second kappa shape index (κ2) is 8.18. The zero-order valence-corrected chi connectivity index (χ0v) is 10.9. The molecular weight excluding hydrogens is 215 g/mol. The van der Waals surface area contributed by atoms with Gasteiger partial charge >= 0.3 is 0 Å². The summed E-state index contributed by atoms with van der Waals surface area (Å²) in [6, 6.07) is 3.53. The van der Waals surface area contributed by atoms with E-state index in [1.807, 2.05) is 0 Å². The summed E-state index contributed by atoms with van der Waals surface area (Å²) in [6.45, 7) is 5.21. The molecule has 0 amide bonds. The topological polar surface area (TPSA) is 24.9 Å². The van der Waals surface area contributed by atoms with Crippen molar-refractivity contribution in [1.82, 2.24) is 10.3 Å². The van der Waals surface area contributed by atoms with Crippen LogP contribution in [0.3, 0.4) is 0 Å². The Balaban J connectivity index is 2.49. The van der Waals surface area contributed by atoms with Crippen molar-refractivity contribution < 1.29 is 4.39 Å². The summed E-state index contributed by atoms with van der Waals surface area (Å²) in [5, 5.41) is 3.41. The van der Waals surface area contributed by atoms with Crippen LogP contribution in [0.15, 0.2) is 18.3 Å². The SMILES string of the molecule is CCCCCCC(NCC)c1ccc(F)cn1. The summed E-state index contributed by atoms with van der Waals surface area (Å²) >= 11 is 0. The largest absolute Gasteiger partial charge is 0.309 e. The Morgan fingerprint density at radius 1 is 1.24 bits per heavy atom. The van der Waals surface area contributed by atoms with E-state index >= 15 is 0 Å². The molecule has 1 heterocycles. The van der Waals surface area contributed by atoms with Crippen molar-refractivity contribution in [2.24, 2.45) is 0 Å². The van der Waals surface area contributed by atoms with Gasteiger partial charge in [-0.25, -0.2) is 4.39 Å². The molecule has 1 aromatic heterocycles. The van der Waals surface area contributed by atoms with Crippen LogP contribution in [0.4, 0.5) is 4.39 Å². The molecule has 0 aromatic carbocycles. The van der Waals surface area contributed by atoms with Crippen LogP contribution in [0.1, 0.15) is 57.7 Å². The van der Waals surface area contributed by atoms with Gasteiger partial charge in [-0.2, -0.15) is 0 Å². The van der Waals surface area contributed by atoms with Crippen LogP contribution >= 0.6 is 0 Å². The fraction of sp³-hybridized carbons (Fsp3) is 0.643. The van der Waals surface area contributed by atoms with Gasteiger partial charge < -0.3 is 5.32 Å². The summed E-state index contributed by atoms with van der Waals surface area (Å²) < 4.78 is 12.8. The van der Waals surface area contributed by atoms with E-state index < -0.39 is 0 Å². The molecule has 0 radical (unpaired) electrons. The van der Waals surface area contributed by atoms with E-state index in [4.69, 9.17) is 0 Å². The van der Waals surface area contributed by atoms with E-state index in [1.165, 1.54) is 37.9 Å². The number of hydrogen-bond donors (Lipinski definition) is 1. The third-order valence-corrected chi connectivity index (χ3v) is 2.90. The standard InChI is InChI=1S/C14H23FN2/c1-3-5-6-7-8-13(16-4-2)14-10-9-12(15)11-17-14/h9-11,13,16H,3-8H2,1-2H3. The molecule has 0 fully saturated rings. The van der Waals surface area contributed by atoms with Crippen molar-refractivity contribution in [3.63, 3.8) is 0 Å². The molecular formula is C14H23FN2. The number of aromatic nitrogens is 1. The lowest BCUT2D eigenvalue weighted by molar-refractivity contribution is 0.471. The minimum absolute atomic E-state index is 0.262. The molecule has 0 bridgehead atoms. The molecule has 3 heteroatoms. The number of unbranched alkanes of at least 4 members (excludes halogenated alkanes) is 3. The van der Waals surface area contributed by atoms with Gasteiger partial charge in [0.2, 0.25) is 0 Å². The van der Waals surface area contributed by atoms with Gasteiger partial charge in [0, 0.05) is 6.04 Å². The van der Waals surface area contributed by atoms with Gasteiger partial charge in [0.1, 0.15) is 5.82 Å². The van der Waals surface area contributed by atoms with E-state index in [-0.39, 0.29) is 11.9 Å². The number of hydrogen-bond acceptors (Lipinski definition) is 2. The first-order valence-corrected chi connectivity index (χ1v) is 6.62. The number of nitrogens with one attached hydrogen (secondary N) is 1. The van der Waals surface area contributed by atoms with E-state index in [9.17, 15) is 4.39 Å². The summed E-state index contributed by atoms with van der Waals surface area (Å²) in [7, 11) is 0. The van der Waals surface area contributed by atoms with Gasteiger partial charge in [0.15, 0.2) is 0 Å². The number of rotatable bonds is 8. The van der Waals surface area contributed by atoms with Gasteiger partial charge in [-0.15, -0.1) is 0 Å². The van der Waals surface area contributed by atoms with Crippen LogP contribution in [-0.2, 0) is 0 Å². The lowest BCUT2D eigenvalue weighted by Gasteiger charge is -2.17. The lowest BCUT2D eigenvalue weighted by atomic mass is 10.0. The molecule has 1 rings (SSSR count). The van der Waals surface area contributed by atoms with Gasteiger partial charge in [0.05, 0.1) is 11.9 Å². The predicted molar refractivity (Wildman–Crippen MR) is 69.4 cm³/mol. The summed E-state index contributed by atoms with van der Waals surface area (Å²) in [4.78, 5) is 4.16. The minimum Gasteiger partial charge on any atom is -0.309 e. The second-order valence-electron chi connectivity index (χ2n) is 4.36. The molecule has 1 atom stereocenters. The van der Waals surface area contributed by atoms with E-state index in [2.05, 4.69) is 24.1 Å². The highest BCUT2D eigenvalue weighted by atomic mass is 19.1. The Hall–Kier alpha value is -0.960. The van der Waals surface area contributed by atoms with Gasteiger partial charge in [-0.3, -0.25) is 4.98 Å². The quantitative estimate of drug-likeness (QED) is 0.696. The molecule has 0 spiro atoms. The molecule has 96 valence electrons. The highest BCUT2D eigenvalue weighted by Gasteiger charge is 2.11. The molecule has 2 nitrogen and oxygen atoms in total. The minimum atomic E-state index is -0.269. The van der Waals surface area contributed by atoms with Crippen molar-refractivity contribution >= 4 is 0 Å². The van der Waals surface area contributed by atoms with E-state index in [0.717, 1.165) is 18.7 Å². The maximum atomic E-state index is 12.8. The van der Waals surface area contributed by atoms with Crippen molar-refractivity contribution in [3.8, 4) is 0 Å². The van der Waals surface area contributed by atoms with Crippen LogP contribution in [0, 0.1) is 5.82 Å². The number of halogens is 1. The molecule has 17 heavy (non-hydrogen) atoms. The molecule has 1 aromatic rings. The van der Waals surface area contributed by atoms with Gasteiger partial charge in [-0.05, 0) is 25.1 Å². The van der Waals surface area contributed by atoms with Crippen LogP contribution in [0.2, 0.25) is 0 Å². The molecule has 1 unspecified atom stereocenters. The lowest BCUT2D eigenvalue weighted by Crippen LogP contribution is -2.21. The first kappa shape index (κ1) is 14.1. The smallest absolute Gasteiger partial charge is 0.141 e. The van der Waals surface area contributed by atoms with Crippen molar-refractivity contribution in [2.75, 3.05) is 6.54 Å². The van der Waals surface area contributed by atoms with Crippen LogP contribution in [0.25, 0.3) is 0 Å². The van der Waals surface area contributed by atoms with E-state index in [1.54, 1.807) is 6.07 Å². The third-order valence-electron chi connectivity index (χ3n) is 2.90. The Morgan fingerprint density at radius 3 is 2.65 bits per heavy atom. The highest BCUT2D eigenvalue weighted by molar-refractivity contribution is 5.09. The second-order valence-corrected chi connectivity index (χ2v) is 4.36. The van der Waals surface area contributed by atoms with Crippen LogP contribution < -0.4 is 5.32 Å². The molecule has 0 saturated carbocycles. The summed E-state index contributed by atoms with van der Waals surface area (Å²) in [5.41, 5.74) is 0.949. The average molecular weight is 238 g/mol. The van der Waals surface area contributed by atoms with Gasteiger partial charge in [-0.1, -0.05) is 39.5 Å². The van der Waals surface area contributed by atoms with Crippen molar-refractivity contribution in [1.29, 1.82) is 0 Å². The van der Waals surface area contributed by atoms with E-state index in [0.29, 0.717) is 0 Å². The first-order valence-electron chi connectivity index (χ1n) is 6.62. The Bertz CT molecular complexity index is 298. The van der Waals surface area contributed by atoms with Crippen molar-refractivity contribution in [3.05, 3.63) is 29.8 Å². The number of pyridine rings is 1. The molecule has 1 N–H and O–H groups in total. The zero-order valence-electron chi connectivity index (χ0n) is 10.9. The molecule has 0 saturated heterocycles. The Kier molecular flexibility index (Phi) is 6.78. The van der Waals surface area contributed by atoms with Crippen molar-refractivity contribution in [2.45, 2.75) is 52.0 Å². The Labute approximate surface area is 104 Å². The normalized spacial score (nSPS) is 12.6. The van der Waals surface area contributed by atoms with Crippen LogP contribution in [0.5, 0.6) is 0 Å². The monoisotopic (exact) mass is 238 g/mol. The average Bonchev–Trinajstić information content (AvgIpc) is 2.34. The summed E-state index contributed by atoms with van der Waals surface area (Å²) in [6.07, 6.45) is 7.37. The fourth-order valence-corrected chi connectivity index (χ4v) is 1.97. The summed E-state index contributed by atoms with van der Waals surface area (Å²) in [5.74, 6) is -0.269. The molecule has 0 aliphatic rings. The Morgan fingerprint density at radius 2 is 2.06 bits per heavy atom. The maximum Gasteiger partial charge on any atom is 0.141 e. The maximum absolute atomic E-state index is 12.8. The zero-order chi connectivity index (χ0) is 12.5. The predicted octanol–water partition coefficient (Wildman–Crippen LogP) is 3.84. The third kappa shape index (κ3) is 5.26. The highest BCUT2D eigenvalue weighted by Crippen LogP contribution is 2.18. The van der Waals surface area contributed by atoms with Gasteiger partial charge in [0.25, 0.3) is 0 Å².